The van der Waals surface area contributed by atoms with Gasteiger partial charge in [-0.25, -0.2) is 0 Å². The maximum Gasteiger partial charge on any atom is 0.273 e. The van der Waals surface area contributed by atoms with Crippen molar-refractivity contribution in [3.8, 4) is 0 Å². The Morgan fingerprint density at radius 2 is 2.26 bits per heavy atom. The molecule has 0 amide bonds. The first-order chi connectivity index (χ1) is 9.04. The third-order valence-corrected chi connectivity index (χ3v) is 5.56. The predicted molar refractivity (Wildman–Crippen MR) is 84.5 cm³/mol. The molecule has 0 radical (unpaired) electrons. The number of alkyl halides is 1. The monoisotopic (exact) mass is 344 g/mol. The van der Waals surface area contributed by atoms with Crippen LogP contribution in [0, 0.1) is 10.1 Å². The second kappa shape index (κ2) is 6.13. The Morgan fingerprint density at radius 3 is 2.89 bits per heavy atom. The number of nitro groups is 1. The Bertz CT molecular complexity index is 484. The Kier molecular flexibility index (Phi) is 4.73. The Labute approximate surface area is 125 Å². The van der Waals surface area contributed by atoms with Crippen LogP contribution in [0.1, 0.15) is 19.4 Å². The van der Waals surface area contributed by atoms with Crippen molar-refractivity contribution < 1.29 is 4.92 Å². The van der Waals surface area contributed by atoms with Gasteiger partial charge in [0.15, 0.2) is 0 Å². The molecule has 1 saturated heterocycles. The fraction of sp³-hybridized carbons (Fsp3) is 0.538. The van der Waals surface area contributed by atoms with E-state index in [2.05, 4.69) is 34.7 Å². The largest absolute Gasteiger partial charge is 0.367 e. The van der Waals surface area contributed by atoms with Crippen molar-refractivity contribution in [3.05, 3.63) is 33.9 Å². The molecule has 6 heteroatoms. The van der Waals surface area contributed by atoms with Crippen LogP contribution >= 0.6 is 27.7 Å². The van der Waals surface area contributed by atoms with Crippen LogP contribution in [0.25, 0.3) is 0 Å². The van der Waals surface area contributed by atoms with Gasteiger partial charge in [-0.15, -0.1) is 0 Å². The quantitative estimate of drug-likeness (QED) is 0.475. The summed E-state index contributed by atoms with van der Waals surface area (Å²) in [5.41, 5.74) is 2.01. The van der Waals surface area contributed by atoms with Gasteiger partial charge in [0.25, 0.3) is 5.69 Å². The highest BCUT2D eigenvalue weighted by molar-refractivity contribution is 9.08. The van der Waals surface area contributed by atoms with Crippen molar-refractivity contribution in [2.75, 3.05) is 17.2 Å². The second-order valence-electron chi connectivity index (χ2n) is 4.71. The highest BCUT2D eigenvalue weighted by atomic mass is 79.9. The molecule has 2 atom stereocenters. The van der Waals surface area contributed by atoms with Crippen LogP contribution in [-0.4, -0.2) is 28.5 Å². The second-order valence-corrected chi connectivity index (χ2v) is 6.76. The van der Waals surface area contributed by atoms with Crippen LogP contribution < -0.4 is 4.90 Å². The van der Waals surface area contributed by atoms with Crippen LogP contribution in [0.4, 0.5) is 11.4 Å². The molecular weight excluding hydrogens is 328 g/mol. The fourth-order valence-electron chi connectivity index (χ4n) is 2.33. The summed E-state index contributed by atoms with van der Waals surface area (Å²) >= 11 is 5.32. The number of halogens is 1. The molecule has 0 aromatic heterocycles. The normalized spacial score (nSPS) is 23.4. The molecule has 4 nitrogen and oxygen atoms in total. The lowest BCUT2D eigenvalue weighted by Gasteiger charge is -2.39. The fourth-order valence-corrected chi connectivity index (χ4v) is 3.88. The van der Waals surface area contributed by atoms with Crippen molar-refractivity contribution in [1.29, 1.82) is 0 Å². The lowest BCUT2D eigenvalue weighted by atomic mass is 10.1. The number of rotatable bonds is 3. The lowest BCUT2D eigenvalue weighted by molar-refractivity contribution is -0.385. The molecule has 2 unspecified atom stereocenters. The molecule has 0 N–H and O–H groups in total. The van der Waals surface area contributed by atoms with Gasteiger partial charge in [-0.2, -0.15) is 11.8 Å². The van der Waals surface area contributed by atoms with Gasteiger partial charge in [-0.3, -0.25) is 10.1 Å². The number of anilines is 1. The standard InChI is InChI=1S/C13H17BrN2O2S/c1-9-10(2)19-6-5-15(9)12-3-4-13(16(17)18)11(7-12)8-14/h3-4,7,9-10H,5-6,8H2,1-2H3. The molecule has 19 heavy (non-hydrogen) atoms. The van der Waals surface area contributed by atoms with Crippen molar-refractivity contribution >= 4 is 39.1 Å². The van der Waals surface area contributed by atoms with Crippen LogP contribution in [0.3, 0.4) is 0 Å². The van der Waals surface area contributed by atoms with E-state index in [0.29, 0.717) is 16.6 Å². The molecule has 104 valence electrons. The predicted octanol–water partition coefficient (Wildman–Crippen LogP) is 3.82. The maximum absolute atomic E-state index is 11.0. The van der Waals surface area contributed by atoms with E-state index in [1.54, 1.807) is 6.07 Å². The highest BCUT2D eigenvalue weighted by Crippen LogP contribution is 2.32. The van der Waals surface area contributed by atoms with Crippen molar-refractivity contribution in [3.63, 3.8) is 0 Å². The molecule has 0 spiro atoms. The van der Waals surface area contributed by atoms with Crippen LogP contribution in [0.5, 0.6) is 0 Å². The van der Waals surface area contributed by atoms with E-state index in [9.17, 15) is 10.1 Å². The molecule has 1 fully saturated rings. The number of nitrogens with zero attached hydrogens (tertiary/aromatic N) is 2. The molecule has 1 heterocycles. The minimum absolute atomic E-state index is 0.188. The van der Waals surface area contributed by atoms with E-state index < -0.39 is 0 Å². The summed E-state index contributed by atoms with van der Waals surface area (Å²) in [5.74, 6) is 1.10. The van der Waals surface area contributed by atoms with Crippen molar-refractivity contribution in [2.45, 2.75) is 30.5 Å². The molecule has 1 aliphatic rings. The van der Waals surface area contributed by atoms with Crippen LogP contribution in [0.15, 0.2) is 18.2 Å². The van der Waals surface area contributed by atoms with Gasteiger partial charge in [-0.05, 0) is 19.1 Å². The lowest BCUT2D eigenvalue weighted by Crippen LogP contribution is -2.44. The summed E-state index contributed by atoms with van der Waals surface area (Å²) in [6.07, 6.45) is 0. The van der Waals surface area contributed by atoms with Gasteiger partial charge < -0.3 is 4.90 Å². The molecule has 0 bridgehead atoms. The first kappa shape index (κ1) is 14.7. The molecule has 0 saturated carbocycles. The number of nitro benzene ring substituents is 1. The van der Waals surface area contributed by atoms with E-state index in [1.807, 2.05) is 23.9 Å². The average molecular weight is 345 g/mol. The number of thioether (sulfide) groups is 1. The van der Waals surface area contributed by atoms with E-state index >= 15 is 0 Å². The molecule has 1 aliphatic heterocycles. The van der Waals surface area contributed by atoms with E-state index in [4.69, 9.17) is 0 Å². The van der Waals surface area contributed by atoms with E-state index in [1.165, 1.54) is 0 Å². The van der Waals surface area contributed by atoms with E-state index in [-0.39, 0.29) is 10.6 Å². The summed E-state index contributed by atoms with van der Waals surface area (Å²) in [6.45, 7) is 5.44. The molecular formula is C13H17BrN2O2S. The Hall–Kier alpha value is -0.750. The van der Waals surface area contributed by atoms with Crippen molar-refractivity contribution in [1.82, 2.24) is 0 Å². The first-order valence-electron chi connectivity index (χ1n) is 6.26. The van der Waals surface area contributed by atoms with Crippen LogP contribution in [-0.2, 0) is 5.33 Å². The molecule has 0 aliphatic carbocycles. The summed E-state index contributed by atoms with van der Waals surface area (Å²) < 4.78 is 0. The maximum atomic E-state index is 11.0. The number of hydrogen-bond donors (Lipinski definition) is 0. The number of hydrogen-bond acceptors (Lipinski definition) is 4. The zero-order chi connectivity index (χ0) is 14.0. The highest BCUT2D eigenvalue weighted by Gasteiger charge is 2.26. The Morgan fingerprint density at radius 1 is 1.53 bits per heavy atom. The van der Waals surface area contributed by atoms with Gasteiger partial charge in [0.05, 0.1) is 4.92 Å². The summed E-state index contributed by atoms with van der Waals surface area (Å²) in [4.78, 5) is 13.0. The van der Waals surface area contributed by atoms with Gasteiger partial charge in [-0.1, -0.05) is 22.9 Å². The Balaban J connectivity index is 2.32. The minimum Gasteiger partial charge on any atom is -0.367 e. The van der Waals surface area contributed by atoms with Gasteiger partial charge in [0, 0.05) is 46.2 Å². The van der Waals surface area contributed by atoms with Gasteiger partial charge in [0.2, 0.25) is 0 Å². The minimum atomic E-state index is -0.321. The number of benzene rings is 1. The third kappa shape index (κ3) is 3.05. The third-order valence-electron chi connectivity index (χ3n) is 3.62. The topological polar surface area (TPSA) is 46.4 Å². The van der Waals surface area contributed by atoms with Crippen molar-refractivity contribution in [2.24, 2.45) is 0 Å². The zero-order valence-electron chi connectivity index (χ0n) is 11.0. The van der Waals surface area contributed by atoms with Gasteiger partial charge in [0.1, 0.15) is 0 Å². The van der Waals surface area contributed by atoms with E-state index in [0.717, 1.165) is 23.5 Å². The summed E-state index contributed by atoms with van der Waals surface area (Å²) in [6, 6.07) is 5.86. The summed E-state index contributed by atoms with van der Waals surface area (Å²) in [7, 11) is 0. The molecule has 1 aromatic carbocycles. The van der Waals surface area contributed by atoms with Crippen LogP contribution in [0.2, 0.25) is 0 Å². The SMILES string of the molecule is CC1SCCN(c2ccc([N+](=O)[O-])c(CBr)c2)C1C. The zero-order valence-corrected chi connectivity index (χ0v) is 13.4. The smallest absolute Gasteiger partial charge is 0.273 e. The molecule has 1 aromatic rings. The first-order valence-corrected chi connectivity index (χ1v) is 8.43. The molecule has 2 rings (SSSR count). The van der Waals surface area contributed by atoms with Gasteiger partial charge >= 0.3 is 0 Å². The average Bonchev–Trinajstić information content (AvgIpc) is 2.41. The summed E-state index contributed by atoms with van der Waals surface area (Å²) in [5, 5.41) is 12.0.